The first-order chi connectivity index (χ1) is 8.58. The van der Waals surface area contributed by atoms with Crippen molar-refractivity contribution < 1.29 is 9.47 Å². The van der Waals surface area contributed by atoms with Gasteiger partial charge in [0.05, 0.1) is 19.3 Å². The van der Waals surface area contributed by atoms with Crippen molar-refractivity contribution in [3.63, 3.8) is 0 Å². The zero-order valence-electron chi connectivity index (χ0n) is 11.1. The van der Waals surface area contributed by atoms with Gasteiger partial charge in [-0.15, -0.1) is 0 Å². The summed E-state index contributed by atoms with van der Waals surface area (Å²) in [5, 5.41) is 0.750. The van der Waals surface area contributed by atoms with Crippen molar-refractivity contribution in [3.05, 3.63) is 28.8 Å². The highest BCUT2D eigenvalue weighted by Gasteiger charge is 2.22. The van der Waals surface area contributed by atoms with Gasteiger partial charge in [0.1, 0.15) is 5.75 Å². The molecule has 100 valence electrons. The van der Waals surface area contributed by atoms with Gasteiger partial charge < -0.3 is 9.47 Å². The van der Waals surface area contributed by atoms with E-state index in [1.165, 1.54) is 0 Å². The van der Waals surface area contributed by atoms with E-state index in [0.717, 1.165) is 36.0 Å². The van der Waals surface area contributed by atoms with Gasteiger partial charge in [0.2, 0.25) is 0 Å². The Morgan fingerprint density at radius 2 is 2.00 bits per heavy atom. The van der Waals surface area contributed by atoms with Gasteiger partial charge in [0, 0.05) is 30.2 Å². The number of benzene rings is 1. The van der Waals surface area contributed by atoms with Crippen LogP contribution in [-0.4, -0.2) is 37.3 Å². The minimum Gasteiger partial charge on any atom is -0.496 e. The molecule has 1 saturated heterocycles. The van der Waals surface area contributed by atoms with Gasteiger partial charge in [0.25, 0.3) is 0 Å². The van der Waals surface area contributed by atoms with E-state index in [9.17, 15) is 0 Å². The summed E-state index contributed by atoms with van der Waals surface area (Å²) >= 11 is 6.05. The number of hydrogen-bond acceptors (Lipinski definition) is 3. The number of nitrogens with zero attached hydrogens (tertiary/aromatic N) is 1. The first-order valence-corrected chi connectivity index (χ1v) is 6.66. The Bertz CT molecular complexity index is 401. The molecule has 0 aliphatic carbocycles. The van der Waals surface area contributed by atoms with Gasteiger partial charge in [-0.3, -0.25) is 4.90 Å². The minimum atomic E-state index is 0.277. The van der Waals surface area contributed by atoms with Crippen LogP contribution in [0.3, 0.4) is 0 Å². The van der Waals surface area contributed by atoms with Crippen LogP contribution in [0, 0.1) is 0 Å². The molecule has 1 aromatic carbocycles. The molecule has 2 rings (SSSR count). The number of methoxy groups -OCH3 is 1. The molecule has 0 N–H and O–H groups in total. The van der Waals surface area contributed by atoms with Crippen LogP contribution in [0.4, 0.5) is 0 Å². The molecule has 0 spiro atoms. The molecule has 3 nitrogen and oxygen atoms in total. The van der Waals surface area contributed by atoms with Crippen molar-refractivity contribution in [2.45, 2.75) is 32.6 Å². The monoisotopic (exact) mass is 269 g/mol. The fraction of sp³-hybridized carbons (Fsp3) is 0.571. The van der Waals surface area contributed by atoms with Crippen molar-refractivity contribution in [1.82, 2.24) is 4.90 Å². The minimum absolute atomic E-state index is 0.277. The maximum Gasteiger partial charge on any atom is 0.123 e. The molecule has 1 aliphatic rings. The second kappa shape index (κ2) is 5.91. The normalized spacial score (nSPS) is 25.1. The number of hydrogen-bond donors (Lipinski definition) is 0. The highest BCUT2D eigenvalue weighted by molar-refractivity contribution is 6.30. The Balaban J connectivity index is 2.10. The summed E-state index contributed by atoms with van der Waals surface area (Å²) in [7, 11) is 1.69. The average molecular weight is 270 g/mol. The van der Waals surface area contributed by atoms with Gasteiger partial charge in [-0.05, 0) is 32.0 Å². The molecule has 1 aliphatic heterocycles. The lowest BCUT2D eigenvalue weighted by atomic mass is 10.1. The third-order valence-electron chi connectivity index (χ3n) is 3.13. The highest BCUT2D eigenvalue weighted by Crippen LogP contribution is 2.25. The molecule has 2 atom stereocenters. The second-order valence-corrected chi connectivity index (χ2v) is 5.34. The number of morpholine rings is 1. The van der Waals surface area contributed by atoms with Crippen LogP contribution in [0.2, 0.25) is 5.02 Å². The van der Waals surface area contributed by atoms with Crippen LogP contribution in [0.25, 0.3) is 0 Å². The summed E-state index contributed by atoms with van der Waals surface area (Å²) in [5.74, 6) is 0.895. The molecular formula is C14H20ClNO2. The topological polar surface area (TPSA) is 21.7 Å². The summed E-state index contributed by atoms with van der Waals surface area (Å²) in [5.41, 5.74) is 1.13. The fourth-order valence-electron chi connectivity index (χ4n) is 2.53. The van der Waals surface area contributed by atoms with E-state index >= 15 is 0 Å². The second-order valence-electron chi connectivity index (χ2n) is 4.91. The third-order valence-corrected chi connectivity index (χ3v) is 3.37. The van der Waals surface area contributed by atoms with E-state index in [2.05, 4.69) is 18.7 Å². The van der Waals surface area contributed by atoms with Crippen LogP contribution in [-0.2, 0) is 11.3 Å². The number of rotatable bonds is 3. The highest BCUT2D eigenvalue weighted by atomic mass is 35.5. The fourth-order valence-corrected chi connectivity index (χ4v) is 2.72. The molecule has 0 aromatic heterocycles. The largest absolute Gasteiger partial charge is 0.496 e. The predicted octanol–water partition coefficient (Wildman–Crippen LogP) is 2.96. The summed E-state index contributed by atoms with van der Waals surface area (Å²) in [4.78, 5) is 2.38. The van der Waals surface area contributed by atoms with E-state index in [4.69, 9.17) is 21.1 Å². The molecule has 2 unspecified atom stereocenters. The Kier molecular flexibility index (Phi) is 4.49. The Morgan fingerprint density at radius 1 is 1.33 bits per heavy atom. The van der Waals surface area contributed by atoms with Crippen LogP contribution >= 0.6 is 11.6 Å². The number of ether oxygens (including phenoxy) is 2. The Labute approximate surface area is 114 Å². The summed E-state index contributed by atoms with van der Waals surface area (Å²) in [6, 6.07) is 5.75. The molecule has 18 heavy (non-hydrogen) atoms. The lowest BCUT2D eigenvalue weighted by molar-refractivity contribution is -0.0706. The summed E-state index contributed by atoms with van der Waals surface area (Å²) in [6.07, 6.45) is 0.554. The zero-order valence-corrected chi connectivity index (χ0v) is 11.9. The SMILES string of the molecule is COc1ccc(Cl)cc1CN1CC(C)OC(C)C1. The van der Waals surface area contributed by atoms with Gasteiger partial charge in [-0.25, -0.2) is 0 Å². The molecule has 0 saturated carbocycles. The molecule has 0 amide bonds. The molecule has 0 radical (unpaired) electrons. The molecule has 0 bridgehead atoms. The van der Waals surface area contributed by atoms with Crippen LogP contribution in [0.15, 0.2) is 18.2 Å². The lowest BCUT2D eigenvalue weighted by Gasteiger charge is -2.35. The molecule has 1 aromatic rings. The first-order valence-electron chi connectivity index (χ1n) is 6.28. The van der Waals surface area contributed by atoms with Crippen molar-refractivity contribution in [1.29, 1.82) is 0 Å². The van der Waals surface area contributed by atoms with E-state index in [-0.39, 0.29) is 12.2 Å². The zero-order chi connectivity index (χ0) is 13.1. The molecule has 1 heterocycles. The summed E-state index contributed by atoms with van der Waals surface area (Å²) in [6.45, 7) is 6.96. The van der Waals surface area contributed by atoms with Gasteiger partial charge in [-0.1, -0.05) is 11.6 Å². The number of halogens is 1. The first kappa shape index (κ1) is 13.7. The standard InChI is InChI=1S/C14H20ClNO2/c1-10-7-16(8-11(2)18-10)9-12-6-13(15)4-5-14(12)17-3/h4-6,10-11H,7-9H2,1-3H3. The Hall–Kier alpha value is -0.770. The average Bonchev–Trinajstić information content (AvgIpc) is 2.27. The van der Waals surface area contributed by atoms with Gasteiger partial charge in [-0.2, -0.15) is 0 Å². The van der Waals surface area contributed by atoms with E-state index in [0.29, 0.717) is 0 Å². The van der Waals surface area contributed by atoms with E-state index in [1.807, 2.05) is 18.2 Å². The van der Waals surface area contributed by atoms with Crippen molar-refractivity contribution in [2.75, 3.05) is 20.2 Å². The van der Waals surface area contributed by atoms with Crippen molar-refractivity contribution in [3.8, 4) is 5.75 Å². The van der Waals surface area contributed by atoms with Crippen LogP contribution in [0.1, 0.15) is 19.4 Å². The van der Waals surface area contributed by atoms with Crippen LogP contribution in [0.5, 0.6) is 5.75 Å². The van der Waals surface area contributed by atoms with Gasteiger partial charge >= 0.3 is 0 Å². The quantitative estimate of drug-likeness (QED) is 0.842. The Morgan fingerprint density at radius 3 is 2.61 bits per heavy atom. The third kappa shape index (κ3) is 3.37. The van der Waals surface area contributed by atoms with Crippen LogP contribution < -0.4 is 4.74 Å². The molecular weight excluding hydrogens is 250 g/mol. The van der Waals surface area contributed by atoms with E-state index in [1.54, 1.807) is 7.11 Å². The smallest absolute Gasteiger partial charge is 0.123 e. The molecule has 1 fully saturated rings. The van der Waals surface area contributed by atoms with E-state index < -0.39 is 0 Å². The van der Waals surface area contributed by atoms with Crippen molar-refractivity contribution >= 4 is 11.6 Å². The maximum atomic E-state index is 6.05. The van der Waals surface area contributed by atoms with Crippen molar-refractivity contribution in [2.24, 2.45) is 0 Å². The predicted molar refractivity (Wildman–Crippen MR) is 73.3 cm³/mol. The lowest BCUT2D eigenvalue weighted by Crippen LogP contribution is -2.44. The maximum absolute atomic E-state index is 6.05. The summed E-state index contributed by atoms with van der Waals surface area (Å²) < 4.78 is 11.1. The van der Waals surface area contributed by atoms with Gasteiger partial charge in [0.15, 0.2) is 0 Å². The molecule has 4 heteroatoms.